The van der Waals surface area contributed by atoms with Crippen LogP contribution in [0.3, 0.4) is 0 Å². The number of nitrogens with one attached hydrogen (secondary N) is 2. The monoisotopic (exact) mass is 247 g/mol. The molecule has 1 aromatic heterocycles. The fourth-order valence-electron chi connectivity index (χ4n) is 3.28. The maximum absolute atomic E-state index is 12.2. The molecule has 1 aromatic rings. The summed E-state index contributed by atoms with van der Waals surface area (Å²) in [6.07, 6.45) is 4.68. The van der Waals surface area contributed by atoms with Gasteiger partial charge in [0.1, 0.15) is 5.69 Å². The van der Waals surface area contributed by atoms with Crippen LogP contribution in [0.1, 0.15) is 41.9 Å². The zero-order chi connectivity index (χ0) is 12.7. The van der Waals surface area contributed by atoms with E-state index >= 15 is 0 Å². The van der Waals surface area contributed by atoms with Gasteiger partial charge in [0.05, 0.1) is 0 Å². The van der Waals surface area contributed by atoms with Crippen LogP contribution in [0.5, 0.6) is 0 Å². The Labute approximate surface area is 108 Å². The summed E-state index contributed by atoms with van der Waals surface area (Å²) < 4.78 is 1.95. The van der Waals surface area contributed by atoms with Crippen molar-refractivity contribution in [3.8, 4) is 0 Å². The van der Waals surface area contributed by atoms with Crippen molar-refractivity contribution in [1.82, 2.24) is 15.2 Å². The second kappa shape index (κ2) is 4.43. The van der Waals surface area contributed by atoms with Crippen LogP contribution >= 0.6 is 0 Å². The number of nitrogens with zero attached hydrogens (tertiary/aromatic N) is 1. The summed E-state index contributed by atoms with van der Waals surface area (Å²) in [7, 11) is 1.94. The lowest BCUT2D eigenvalue weighted by Crippen LogP contribution is -2.48. The first-order valence-electron chi connectivity index (χ1n) is 6.82. The lowest BCUT2D eigenvalue weighted by Gasteiger charge is -2.29. The smallest absolute Gasteiger partial charge is 0.268 e. The van der Waals surface area contributed by atoms with Crippen LogP contribution in [0.15, 0.2) is 12.1 Å². The molecule has 2 fully saturated rings. The van der Waals surface area contributed by atoms with E-state index in [1.807, 2.05) is 30.7 Å². The standard InChI is InChI=1S/C14H21N3O/c1-9-3-6-13(17(9)2)14(18)16-12-7-10-4-5-11(8-12)15-10/h3,6,10-12,15H,4-5,7-8H2,1-2H3,(H,16,18). The van der Waals surface area contributed by atoms with Gasteiger partial charge in [-0.2, -0.15) is 0 Å². The number of hydrogen-bond donors (Lipinski definition) is 2. The highest BCUT2D eigenvalue weighted by molar-refractivity contribution is 5.93. The van der Waals surface area contributed by atoms with Crippen molar-refractivity contribution in [2.75, 3.05) is 0 Å². The third kappa shape index (κ3) is 2.05. The highest BCUT2D eigenvalue weighted by atomic mass is 16.2. The van der Waals surface area contributed by atoms with Crippen LogP contribution in [0.25, 0.3) is 0 Å². The molecule has 0 aromatic carbocycles. The molecule has 18 heavy (non-hydrogen) atoms. The molecule has 2 aliphatic rings. The predicted octanol–water partition coefficient (Wildman–Crippen LogP) is 1.35. The van der Waals surface area contributed by atoms with Gasteiger partial charge in [0.15, 0.2) is 0 Å². The van der Waals surface area contributed by atoms with Crippen LogP contribution in [-0.4, -0.2) is 28.6 Å². The summed E-state index contributed by atoms with van der Waals surface area (Å²) >= 11 is 0. The van der Waals surface area contributed by atoms with Crippen LogP contribution in [0.2, 0.25) is 0 Å². The van der Waals surface area contributed by atoms with Gasteiger partial charge in [-0.1, -0.05) is 0 Å². The van der Waals surface area contributed by atoms with E-state index in [0.29, 0.717) is 18.1 Å². The number of aryl methyl sites for hydroxylation is 1. The summed E-state index contributed by atoms with van der Waals surface area (Å²) in [4.78, 5) is 12.2. The number of carbonyl (C=O) groups excluding carboxylic acids is 1. The molecule has 1 amide bonds. The Morgan fingerprint density at radius 3 is 2.56 bits per heavy atom. The van der Waals surface area contributed by atoms with Crippen molar-refractivity contribution in [2.24, 2.45) is 7.05 Å². The number of carbonyl (C=O) groups is 1. The normalized spacial score (nSPS) is 30.4. The molecule has 2 saturated heterocycles. The van der Waals surface area contributed by atoms with Gasteiger partial charge >= 0.3 is 0 Å². The van der Waals surface area contributed by atoms with E-state index in [2.05, 4.69) is 10.6 Å². The van der Waals surface area contributed by atoms with E-state index in [1.165, 1.54) is 12.8 Å². The molecule has 2 unspecified atom stereocenters. The molecule has 0 aliphatic carbocycles. The van der Waals surface area contributed by atoms with E-state index in [4.69, 9.17) is 0 Å². The molecule has 2 aliphatic heterocycles. The highest BCUT2D eigenvalue weighted by Crippen LogP contribution is 2.26. The average Bonchev–Trinajstić information content (AvgIpc) is 2.84. The summed E-state index contributed by atoms with van der Waals surface area (Å²) in [6.45, 7) is 2.02. The van der Waals surface area contributed by atoms with Crippen LogP contribution in [-0.2, 0) is 7.05 Å². The molecule has 98 valence electrons. The Kier molecular flexibility index (Phi) is 2.90. The second-order valence-electron chi connectivity index (χ2n) is 5.70. The number of aromatic nitrogens is 1. The molecule has 0 radical (unpaired) electrons. The molecular weight excluding hydrogens is 226 g/mol. The molecule has 2 N–H and O–H groups in total. The Hall–Kier alpha value is -1.29. The summed E-state index contributed by atoms with van der Waals surface area (Å²) in [5.74, 6) is 0.0666. The van der Waals surface area contributed by atoms with Gasteiger partial charge in [0.25, 0.3) is 5.91 Å². The molecule has 0 spiro atoms. The SMILES string of the molecule is Cc1ccc(C(=O)NC2CC3CCC(C2)N3)n1C. The van der Waals surface area contributed by atoms with Crippen molar-refractivity contribution in [2.45, 2.75) is 50.7 Å². The van der Waals surface area contributed by atoms with Gasteiger partial charge in [-0.15, -0.1) is 0 Å². The van der Waals surface area contributed by atoms with Gasteiger partial charge in [0, 0.05) is 30.9 Å². The van der Waals surface area contributed by atoms with Crippen molar-refractivity contribution in [1.29, 1.82) is 0 Å². The molecule has 2 bridgehead atoms. The molecule has 0 saturated carbocycles. The van der Waals surface area contributed by atoms with Gasteiger partial charge in [-0.05, 0) is 44.7 Å². The molecule has 4 nitrogen and oxygen atoms in total. The number of rotatable bonds is 2. The summed E-state index contributed by atoms with van der Waals surface area (Å²) in [5, 5.41) is 6.78. The van der Waals surface area contributed by atoms with Crippen molar-refractivity contribution in [3.63, 3.8) is 0 Å². The Morgan fingerprint density at radius 2 is 2.00 bits per heavy atom. The first kappa shape index (κ1) is 11.8. The highest BCUT2D eigenvalue weighted by Gasteiger charge is 2.34. The van der Waals surface area contributed by atoms with Crippen molar-refractivity contribution < 1.29 is 4.79 Å². The van der Waals surface area contributed by atoms with Crippen molar-refractivity contribution >= 4 is 5.91 Å². The van der Waals surface area contributed by atoms with Crippen LogP contribution < -0.4 is 10.6 Å². The number of hydrogen-bond acceptors (Lipinski definition) is 2. The summed E-state index contributed by atoms with van der Waals surface area (Å²) in [6, 6.07) is 5.46. The molecule has 2 atom stereocenters. The second-order valence-corrected chi connectivity index (χ2v) is 5.70. The molecule has 3 rings (SSSR count). The third-order valence-electron chi connectivity index (χ3n) is 4.41. The van der Waals surface area contributed by atoms with Crippen LogP contribution in [0, 0.1) is 6.92 Å². The minimum atomic E-state index is 0.0666. The number of fused-ring (bicyclic) bond motifs is 2. The van der Waals surface area contributed by atoms with Gasteiger partial charge in [-0.3, -0.25) is 4.79 Å². The zero-order valence-corrected chi connectivity index (χ0v) is 11.1. The lowest BCUT2D eigenvalue weighted by molar-refractivity contribution is 0.0915. The van der Waals surface area contributed by atoms with Crippen LogP contribution in [0.4, 0.5) is 0 Å². The number of piperidine rings is 1. The van der Waals surface area contributed by atoms with E-state index in [-0.39, 0.29) is 5.91 Å². The van der Waals surface area contributed by atoms with E-state index < -0.39 is 0 Å². The Morgan fingerprint density at radius 1 is 1.33 bits per heavy atom. The van der Waals surface area contributed by atoms with Gasteiger partial charge in [0.2, 0.25) is 0 Å². The predicted molar refractivity (Wildman–Crippen MR) is 70.6 cm³/mol. The fourth-order valence-corrected chi connectivity index (χ4v) is 3.28. The van der Waals surface area contributed by atoms with Gasteiger partial charge < -0.3 is 15.2 Å². The van der Waals surface area contributed by atoms with Gasteiger partial charge in [-0.25, -0.2) is 0 Å². The molecular formula is C14H21N3O. The first-order valence-corrected chi connectivity index (χ1v) is 6.82. The first-order chi connectivity index (χ1) is 8.63. The topological polar surface area (TPSA) is 46.1 Å². The lowest BCUT2D eigenvalue weighted by atomic mass is 10.00. The third-order valence-corrected chi connectivity index (χ3v) is 4.41. The fraction of sp³-hybridized carbons (Fsp3) is 0.643. The molecule has 4 heteroatoms. The Bertz CT molecular complexity index is 454. The zero-order valence-electron chi connectivity index (χ0n) is 11.1. The average molecular weight is 247 g/mol. The maximum Gasteiger partial charge on any atom is 0.268 e. The maximum atomic E-state index is 12.2. The molecule has 3 heterocycles. The van der Waals surface area contributed by atoms with E-state index in [9.17, 15) is 4.79 Å². The largest absolute Gasteiger partial charge is 0.348 e. The Balaban J connectivity index is 1.66. The minimum Gasteiger partial charge on any atom is -0.348 e. The van der Waals surface area contributed by atoms with E-state index in [0.717, 1.165) is 24.2 Å². The summed E-state index contributed by atoms with van der Waals surface area (Å²) in [5.41, 5.74) is 1.88. The minimum absolute atomic E-state index is 0.0666. The van der Waals surface area contributed by atoms with Crippen molar-refractivity contribution in [3.05, 3.63) is 23.5 Å². The quantitative estimate of drug-likeness (QED) is 0.828. The number of amides is 1. The van der Waals surface area contributed by atoms with E-state index in [1.54, 1.807) is 0 Å².